The van der Waals surface area contributed by atoms with Gasteiger partial charge in [-0.1, -0.05) is 50.7 Å². The number of fused-ring (bicyclic) bond motifs is 1. The lowest BCUT2D eigenvalue weighted by Gasteiger charge is -2.15. The minimum Gasteiger partial charge on any atom is -0.481 e. The predicted molar refractivity (Wildman–Crippen MR) is 125 cm³/mol. The number of aromatic nitrogens is 4. The number of carbonyl (C=O) groups excluding carboxylic acids is 1. The summed E-state index contributed by atoms with van der Waals surface area (Å²) in [5, 5.41) is 12.7. The molecule has 2 heterocycles. The normalized spacial score (nSPS) is 12.2. The quantitative estimate of drug-likeness (QED) is 0.345. The summed E-state index contributed by atoms with van der Waals surface area (Å²) in [6.45, 7) is 9.84. The monoisotopic (exact) mass is 442 g/mol. The van der Waals surface area contributed by atoms with Crippen LogP contribution in [0.25, 0.3) is 11.0 Å². The second-order valence-corrected chi connectivity index (χ2v) is 8.96. The van der Waals surface area contributed by atoms with E-state index in [1.54, 1.807) is 24.9 Å². The standard InChI is InChI=1S/C22H30N6O2S/c1-5-11-23-19-18-14-25-28(20(18)27-22(26-19)31-15(2)3)13-12-24-21(29)16(4)30-17-9-7-6-8-10-17/h6-10,14-16H,5,11-13H2,1-4H3,(H,24,29)(H,23,26,27). The van der Waals surface area contributed by atoms with E-state index in [9.17, 15) is 4.79 Å². The third-order valence-electron chi connectivity index (χ3n) is 4.41. The second kappa shape index (κ2) is 11.0. The van der Waals surface area contributed by atoms with Crippen LogP contribution in [0.4, 0.5) is 5.82 Å². The van der Waals surface area contributed by atoms with Gasteiger partial charge < -0.3 is 15.4 Å². The Kier molecular flexibility index (Phi) is 8.11. The molecule has 1 amide bonds. The molecule has 3 rings (SSSR count). The molecular weight excluding hydrogens is 412 g/mol. The van der Waals surface area contributed by atoms with E-state index in [1.807, 2.05) is 35.0 Å². The molecule has 0 aliphatic heterocycles. The number of thioether (sulfide) groups is 1. The molecule has 1 aromatic carbocycles. The van der Waals surface area contributed by atoms with Crippen LogP contribution in [-0.4, -0.2) is 50.1 Å². The van der Waals surface area contributed by atoms with Crippen LogP contribution in [0.1, 0.15) is 34.1 Å². The van der Waals surface area contributed by atoms with Crippen molar-refractivity contribution in [1.82, 2.24) is 25.1 Å². The van der Waals surface area contributed by atoms with Crippen LogP contribution < -0.4 is 15.4 Å². The zero-order valence-electron chi connectivity index (χ0n) is 18.5. The Morgan fingerprint density at radius 1 is 1.16 bits per heavy atom. The molecule has 0 bridgehead atoms. The zero-order chi connectivity index (χ0) is 22.2. The Morgan fingerprint density at radius 2 is 1.94 bits per heavy atom. The first kappa shape index (κ1) is 22.9. The van der Waals surface area contributed by atoms with E-state index in [-0.39, 0.29) is 5.91 Å². The van der Waals surface area contributed by atoms with Gasteiger partial charge in [-0.15, -0.1) is 0 Å². The van der Waals surface area contributed by atoms with Gasteiger partial charge >= 0.3 is 0 Å². The lowest BCUT2D eigenvalue weighted by atomic mass is 10.3. The summed E-state index contributed by atoms with van der Waals surface area (Å²) in [4.78, 5) is 21.8. The molecule has 0 fully saturated rings. The Balaban J connectivity index is 1.66. The van der Waals surface area contributed by atoms with Gasteiger partial charge in [0.1, 0.15) is 11.6 Å². The van der Waals surface area contributed by atoms with E-state index in [0.29, 0.717) is 24.1 Å². The van der Waals surface area contributed by atoms with Crippen molar-refractivity contribution in [2.45, 2.75) is 57.2 Å². The minimum absolute atomic E-state index is 0.170. The number of carbonyl (C=O) groups is 1. The summed E-state index contributed by atoms with van der Waals surface area (Å²) in [6, 6.07) is 9.32. The zero-order valence-corrected chi connectivity index (χ0v) is 19.3. The van der Waals surface area contributed by atoms with Crippen molar-refractivity contribution in [2.75, 3.05) is 18.4 Å². The van der Waals surface area contributed by atoms with Crippen molar-refractivity contribution in [3.8, 4) is 5.75 Å². The highest BCUT2D eigenvalue weighted by Crippen LogP contribution is 2.26. The first-order chi connectivity index (χ1) is 15.0. The molecule has 31 heavy (non-hydrogen) atoms. The van der Waals surface area contributed by atoms with Gasteiger partial charge in [0.25, 0.3) is 5.91 Å². The van der Waals surface area contributed by atoms with E-state index < -0.39 is 6.10 Å². The molecule has 9 heteroatoms. The molecule has 1 unspecified atom stereocenters. The molecule has 0 spiro atoms. The van der Waals surface area contributed by atoms with Gasteiger partial charge in [-0.25, -0.2) is 14.6 Å². The van der Waals surface area contributed by atoms with E-state index in [4.69, 9.17) is 9.72 Å². The highest BCUT2D eigenvalue weighted by molar-refractivity contribution is 7.99. The Bertz CT molecular complexity index is 992. The number of amides is 1. The number of nitrogens with zero attached hydrogens (tertiary/aromatic N) is 4. The van der Waals surface area contributed by atoms with Gasteiger partial charge in [0, 0.05) is 18.3 Å². The maximum atomic E-state index is 12.4. The molecule has 0 radical (unpaired) electrons. The number of ether oxygens (including phenoxy) is 1. The Labute approximate surface area is 187 Å². The fraction of sp³-hybridized carbons (Fsp3) is 0.455. The smallest absolute Gasteiger partial charge is 0.260 e. The summed E-state index contributed by atoms with van der Waals surface area (Å²) in [5.41, 5.74) is 0.764. The van der Waals surface area contributed by atoms with Crippen molar-refractivity contribution in [3.63, 3.8) is 0 Å². The highest BCUT2D eigenvalue weighted by Gasteiger charge is 2.16. The van der Waals surface area contributed by atoms with Crippen LogP contribution in [0.5, 0.6) is 5.75 Å². The van der Waals surface area contributed by atoms with Crippen molar-refractivity contribution >= 4 is 34.5 Å². The van der Waals surface area contributed by atoms with Gasteiger partial charge in [-0.2, -0.15) is 5.10 Å². The number of nitrogens with one attached hydrogen (secondary N) is 2. The molecule has 0 saturated carbocycles. The summed E-state index contributed by atoms with van der Waals surface area (Å²) >= 11 is 1.62. The van der Waals surface area contributed by atoms with Crippen LogP contribution in [0, 0.1) is 0 Å². The SMILES string of the molecule is CCCNc1nc(SC(C)C)nc2c1cnn2CCNC(=O)C(C)Oc1ccccc1. The van der Waals surface area contributed by atoms with E-state index in [0.717, 1.165) is 35.0 Å². The Morgan fingerprint density at radius 3 is 2.65 bits per heavy atom. The van der Waals surface area contributed by atoms with Gasteiger partial charge in [-0.3, -0.25) is 4.79 Å². The van der Waals surface area contributed by atoms with Crippen molar-refractivity contribution in [2.24, 2.45) is 0 Å². The Hall–Kier alpha value is -2.81. The van der Waals surface area contributed by atoms with Crippen LogP contribution >= 0.6 is 11.8 Å². The molecular formula is C22H30N6O2S. The first-order valence-electron chi connectivity index (χ1n) is 10.6. The molecule has 8 nitrogen and oxygen atoms in total. The summed E-state index contributed by atoms with van der Waals surface area (Å²) in [6.07, 6.45) is 2.19. The number of hydrogen-bond acceptors (Lipinski definition) is 7. The average molecular weight is 443 g/mol. The predicted octanol–water partition coefficient (Wildman–Crippen LogP) is 3.73. The molecule has 0 aliphatic rings. The van der Waals surface area contributed by atoms with Crippen LogP contribution in [0.2, 0.25) is 0 Å². The van der Waals surface area contributed by atoms with Gasteiger partial charge in [0.05, 0.1) is 18.1 Å². The van der Waals surface area contributed by atoms with Gasteiger partial charge in [0.2, 0.25) is 0 Å². The van der Waals surface area contributed by atoms with Gasteiger partial charge in [0.15, 0.2) is 16.9 Å². The molecule has 3 aromatic rings. The summed E-state index contributed by atoms with van der Waals surface area (Å²) in [7, 11) is 0. The fourth-order valence-electron chi connectivity index (χ4n) is 2.93. The number of hydrogen-bond donors (Lipinski definition) is 2. The first-order valence-corrected chi connectivity index (χ1v) is 11.5. The van der Waals surface area contributed by atoms with Crippen molar-refractivity contribution < 1.29 is 9.53 Å². The largest absolute Gasteiger partial charge is 0.481 e. The van der Waals surface area contributed by atoms with E-state index in [2.05, 4.69) is 41.5 Å². The third kappa shape index (κ3) is 6.33. The fourth-order valence-corrected chi connectivity index (χ4v) is 3.63. The van der Waals surface area contributed by atoms with Crippen LogP contribution in [-0.2, 0) is 11.3 Å². The average Bonchev–Trinajstić information content (AvgIpc) is 3.15. The van der Waals surface area contributed by atoms with Crippen molar-refractivity contribution in [3.05, 3.63) is 36.5 Å². The topological polar surface area (TPSA) is 94.0 Å². The van der Waals surface area contributed by atoms with E-state index >= 15 is 0 Å². The van der Waals surface area contributed by atoms with Crippen LogP contribution in [0.15, 0.2) is 41.7 Å². The highest BCUT2D eigenvalue weighted by atomic mass is 32.2. The minimum atomic E-state index is -0.585. The molecule has 166 valence electrons. The number of rotatable bonds is 11. The van der Waals surface area contributed by atoms with Crippen LogP contribution in [0.3, 0.4) is 0 Å². The molecule has 2 N–H and O–H groups in total. The van der Waals surface area contributed by atoms with E-state index in [1.165, 1.54) is 0 Å². The lowest BCUT2D eigenvalue weighted by molar-refractivity contribution is -0.127. The third-order valence-corrected chi connectivity index (χ3v) is 5.27. The number of para-hydroxylation sites is 1. The molecule has 0 aliphatic carbocycles. The number of anilines is 1. The molecule has 1 atom stereocenters. The molecule has 2 aromatic heterocycles. The lowest BCUT2D eigenvalue weighted by Crippen LogP contribution is -2.38. The second-order valence-electron chi connectivity index (χ2n) is 7.42. The summed E-state index contributed by atoms with van der Waals surface area (Å²) < 4.78 is 7.48. The maximum absolute atomic E-state index is 12.4. The molecule has 0 saturated heterocycles. The summed E-state index contributed by atoms with van der Waals surface area (Å²) in [5.74, 6) is 1.30. The van der Waals surface area contributed by atoms with Crippen molar-refractivity contribution in [1.29, 1.82) is 0 Å². The number of benzene rings is 1. The van der Waals surface area contributed by atoms with Gasteiger partial charge in [-0.05, 0) is 25.5 Å². The maximum Gasteiger partial charge on any atom is 0.260 e.